The van der Waals surface area contributed by atoms with Crippen LogP contribution < -0.4 is 9.47 Å². The van der Waals surface area contributed by atoms with Gasteiger partial charge in [-0.05, 0) is 30.3 Å². The number of ether oxygens (including phenoxy) is 3. The largest absolute Gasteiger partial charge is 0.493 e. The molecule has 0 radical (unpaired) electrons. The molecule has 0 spiro atoms. The van der Waals surface area contributed by atoms with Crippen LogP contribution in [0.4, 0.5) is 0 Å². The number of carbonyl (C=O) groups excluding carboxylic acids is 1. The summed E-state index contributed by atoms with van der Waals surface area (Å²) < 4.78 is 16.1. The van der Waals surface area contributed by atoms with Gasteiger partial charge in [0.25, 0.3) is 0 Å². The maximum Gasteiger partial charge on any atom is 0.338 e. The van der Waals surface area contributed by atoms with Crippen molar-refractivity contribution in [3.8, 4) is 22.1 Å². The highest BCUT2D eigenvalue weighted by Gasteiger charge is 2.15. The first-order chi connectivity index (χ1) is 12.6. The molecule has 3 aromatic rings. The van der Waals surface area contributed by atoms with Gasteiger partial charge in [-0.3, -0.25) is 0 Å². The first-order valence-corrected chi connectivity index (χ1v) is 8.96. The first kappa shape index (κ1) is 18.2. The van der Waals surface area contributed by atoms with Gasteiger partial charge in [0.2, 0.25) is 0 Å². The Morgan fingerprint density at radius 1 is 1.15 bits per heavy atom. The fourth-order valence-electron chi connectivity index (χ4n) is 2.39. The number of thiazole rings is 1. The lowest BCUT2D eigenvalue weighted by atomic mass is 10.2. The van der Waals surface area contributed by atoms with E-state index in [0.717, 1.165) is 10.6 Å². The summed E-state index contributed by atoms with van der Waals surface area (Å²) in [5, 5.41) is 3.09. The number of aromatic nitrogens is 1. The predicted molar refractivity (Wildman–Crippen MR) is 101 cm³/mol. The van der Waals surface area contributed by atoms with Crippen molar-refractivity contribution in [2.45, 2.75) is 6.61 Å². The summed E-state index contributed by atoms with van der Waals surface area (Å²) in [5.41, 5.74) is 1.89. The number of hydrogen-bond donors (Lipinski definition) is 0. The zero-order valence-corrected chi connectivity index (χ0v) is 15.8. The maximum atomic E-state index is 12.1. The third-order valence-corrected chi connectivity index (χ3v) is 4.76. The van der Waals surface area contributed by atoms with Crippen molar-refractivity contribution in [2.24, 2.45) is 0 Å². The molecule has 0 aliphatic carbocycles. The van der Waals surface area contributed by atoms with Gasteiger partial charge in [-0.2, -0.15) is 0 Å². The number of rotatable bonds is 6. The molecule has 1 heterocycles. The van der Waals surface area contributed by atoms with Gasteiger partial charge in [0.1, 0.15) is 11.6 Å². The molecule has 0 N–H and O–H groups in total. The molecule has 0 amide bonds. The fraction of sp³-hybridized carbons (Fsp3) is 0.158. The summed E-state index contributed by atoms with van der Waals surface area (Å²) in [6, 6.07) is 12.2. The van der Waals surface area contributed by atoms with Gasteiger partial charge in [0.15, 0.2) is 11.5 Å². The van der Waals surface area contributed by atoms with Gasteiger partial charge in [0.05, 0.1) is 31.0 Å². The SMILES string of the molecule is COc1cccc(-c2nc(COC(=O)c3cccc(Cl)c3)cs2)c1OC. The second-order valence-corrected chi connectivity index (χ2v) is 6.57. The molecular weight excluding hydrogens is 374 g/mol. The average Bonchev–Trinajstić information content (AvgIpc) is 3.14. The van der Waals surface area contributed by atoms with E-state index in [0.29, 0.717) is 27.8 Å². The number of nitrogens with zero attached hydrogens (tertiary/aromatic N) is 1. The Balaban J connectivity index is 1.74. The van der Waals surface area contributed by atoms with Gasteiger partial charge < -0.3 is 14.2 Å². The number of halogens is 1. The topological polar surface area (TPSA) is 57.7 Å². The van der Waals surface area contributed by atoms with Crippen LogP contribution in [-0.2, 0) is 11.3 Å². The monoisotopic (exact) mass is 389 g/mol. The molecule has 26 heavy (non-hydrogen) atoms. The molecule has 3 rings (SSSR count). The molecule has 0 saturated carbocycles. The van der Waals surface area contributed by atoms with E-state index in [4.69, 9.17) is 25.8 Å². The summed E-state index contributed by atoms with van der Waals surface area (Å²) >= 11 is 7.33. The normalized spacial score (nSPS) is 10.4. The van der Waals surface area contributed by atoms with Crippen molar-refractivity contribution < 1.29 is 19.0 Å². The quantitative estimate of drug-likeness (QED) is 0.565. The van der Waals surface area contributed by atoms with Crippen LogP contribution in [-0.4, -0.2) is 25.2 Å². The molecule has 0 bridgehead atoms. The highest BCUT2D eigenvalue weighted by molar-refractivity contribution is 7.13. The van der Waals surface area contributed by atoms with Crippen molar-refractivity contribution in [1.82, 2.24) is 4.98 Å². The molecule has 7 heteroatoms. The first-order valence-electron chi connectivity index (χ1n) is 7.71. The van der Waals surface area contributed by atoms with E-state index in [-0.39, 0.29) is 6.61 Å². The number of esters is 1. The number of benzene rings is 2. The highest BCUT2D eigenvalue weighted by Crippen LogP contribution is 2.39. The lowest BCUT2D eigenvalue weighted by Crippen LogP contribution is -2.05. The van der Waals surface area contributed by atoms with Crippen molar-refractivity contribution in [2.75, 3.05) is 14.2 Å². The summed E-state index contributed by atoms with van der Waals surface area (Å²) in [6.07, 6.45) is 0. The average molecular weight is 390 g/mol. The second kappa shape index (κ2) is 8.21. The smallest absolute Gasteiger partial charge is 0.338 e. The van der Waals surface area contributed by atoms with E-state index < -0.39 is 5.97 Å². The Hall–Kier alpha value is -2.57. The van der Waals surface area contributed by atoms with E-state index in [1.807, 2.05) is 23.6 Å². The van der Waals surface area contributed by atoms with E-state index in [2.05, 4.69) is 4.98 Å². The van der Waals surface area contributed by atoms with Crippen LogP contribution in [0.5, 0.6) is 11.5 Å². The lowest BCUT2D eigenvalue weighted by molar-refractivity contribution is 0.0468. The number of methoxy groups -OCH3 is 2. The molecule has 0 aliphatic rings. The third-order valence-electron chi connectivity index (χ3n) is 3.60. The van der Waals surface area contributed by atoms with Gasteiger partial charge >= 0.3 is 5.97 Å². The van der Waals surface area contributed by atoms with Crippen molar-refractivity contribution in [3.63, 3.8) is 0 Å². The van der Waals surface area contributed by atoms with Crippen LogP contribution in [0.25, 0.3) is 10.6 Å². The molecule has 0 atom stereocenters. The van der Waals surface area contributed by atoms with Gasteiger partial charge in [-0.1, -0.05) is 23.7 Å². The number of para-hydroxylation sites is 1. The minimum absolute atomic E-state index is 0.0775. The van der Waals surface area contributed by atoms with Crippen LogP contribution >= 0.6 is 22.9 Å². The Bertz CT molecular complexity index is 925. The molecular formula is C19H16ClNO4S. The van der Waals surface area contributed by atoms with Crippen molar-refractivity contribution in [3.05, 3.63) is 64.1 Å². The zero-order valence-electron chi connectivity index (χ0n) is 14.2. The molecule has 1 aromatic heterocycles. The molecule has 5 nitrogen and oxygen atoms in total. The van der Waals surface area contributed by atoms with Gasteiger partial charge in [0, 0.05) is 10.4 Å². The fourth-order valence-corrected chi connectivity index (χ4v) is 3.41. The maximum absolute atomic E-state index is 12.1. The molecule has 0 fully saturated rings. The minimum atomic E-state index is -0.444. The van der Waals surface area contributed by atoms with Gasteiger partial charge in [-0.25, -0.2) is 9.78 Å². The Morgan fingerprint density at radius 2 is 1.96 bits per heavy atom. The van der Waals surface area contributed by atoms with Crippen LogP contribution in [0.15, 0.2) is 47.8 Å². The van der Waals surface area contributed by atoms with E-state index in [1.54, 1.807) is 38.5 Å². The Morgan fingerprint density at radius 3 is 2.69 bits per heavy atom. The molecule has 0 unspecified atom stereocenters. The second-order valence-electron chi connectivity index (χ2n) is 5.27. The molecule has 0 aliphatic heterocycles. The summed E-state index contributed by atoms with van der Waals surface area (Å²) in [5.74, 6) is 0.807. The summed E-state index contributed by atoms with van der Waals surface area (Å²) in [4.78, 5) is 16.6. The van der Waals surface area contributed by atoms with Crippen LogP contribution in [0.1, 0.15) is 16.1 Å². The van der Waals surface area contributed by atoms with E-state index >= 15 is 0 Å². The highest BCUT2D eigenvalue weighted by atomic mass is 35.5. The molecule has 0 saturated heterocycles. The molecule has 2 aromatic carbocycles. The number of carbonyl (C=O) groups is 1. The zero-order chi connectivity index (χ0) is 18.5. The Kier molecular flexibility index (Phi) is 5.75. The lowest BCUT2D eigenvalue weighted by Gasteiger charge is -2.10. The standard InChI is InChI=1S/C19H16ClNO4S/c1-23-16-8-4-7-15(17(16)24-2)18-21-14(11-26-18)10-25-19(22)12-5-3-6-13(20)9-12/h3-9,11H,10H2,1-2H3. The van der Waals surface area contributed by atoms with Gasteiger partial charge in [-0.15, -0.1) is 11.3 Å². The van der Waals surface area contributed by atoms with Crippen LogP contribution in [0.3, 0.4) is 0 Å². The van der Waals surface area contributed by atoms with E-state index in [9.17, 15) is 4.79 Å². The Labute approximate surface area is 160 Å². The summed E-state index contributed by atoms with van der Waals surface area (Å²) in [6.45, 7) is 0.0775. The van der Waals surface area contributed by atoms with Crippen molar-refractivity contribution in [1.29, 1.82) is 0 Å². The number of hydrogen-bond acceptors (Lipinski definition) is 6. The molecule has 134 valence electrons. The summed E-state index contributed by atoms with van der Waals surface area (Å²) in [7, 11) is 3.17. The minimum Gasteiger partial charge on any atom is -0.493 e. The van der Waals surface area contributed by atoms with Crippen LogP contribution in [0, 0.1) is 0 Å². The van der Waals surface area contributed by atoms with Crippen molar-refractivity contribution >= 4 is 28.9 Å². The third kappa shape index (κ3) is 3.98. The predicted octanol–water partition coefficient (Wildman–Crippen LogP) is 4.84. The van der Waals surface area contributed by atoms with Crippen LogP contribution in [0.2, 0.25) is 5.02 Å². The van der Waals surface area contributed by atoms with E-state index in [1.165, 1.54) is 11.3 Å².